The number of aliphatic imine (C=N–C) groups is 1. The third-order valence-corrected chi connectivity index (χ3v) is 3.50. The van der Waals surface area contributed by atoms with E-state index in [1.165, 1.54) is 0 Å². The first-order valence-electron chi connectivity index (χ1n) is 6.39. The first-order valence-corrected chi connectivity index (χ1v) is 6.39. The Labute approximate surface area is 106 Å². The highest BCUT2D eigenvalue weighted by molar-refractivity contribution is 5.77. The van der Waals surface area contributed by atoms with Crippen LogP contribution in [0.15, 0.2) is 4.99 Å². The van der Waals surface area contributed by atoms with E-state index >= 15 is 0 Å². The van der Waals surface area contributed by atoms with Crippen molar-refractivity contribution in [3.63, 3.8) is 0 Å². The molecule has 0 radical (unpaired) electrons. The number of nitrogens with zero attached hydrogens (tertiary/aromatic N) is 1. The number of hydrogen-bond donors (Lipinski definition) is 1. The summed E-state index contributed by atoms with van der Waals surface area (Å²) in [6, 6.07) is -0.336. The van der Waals surface area contributed by atoms with E-state index in [4.69, 9.17) is 18.9 Å². The number of rotatable bonds is 2. The standard InChI is InChI=1S/C12H19NO5/c1-4-7-13-8-9(14)10(17-11(8)16-7)6-5-15-12(2,3)18-6/h6,8-11,14H,4-5H2,1-3H3/t6-,8-,9?,10-,11+/m1/s1. The van der Waals surface area contributed by atoms with E-state index in [-0.39, 0.29) is 12.1 Å². The highest BCUT2D eigenvalue weighted by atomic mass is 16.8. The predicted octanol–water partition coefficient (Wildman–Crippen LogP) is 0.431. The molecule has 3 aliphatic heterocycles. The summed E-state index contributed by atoms with van der Waals surface area (Å²) in [5.74, 6) is 0.0240. The first kappa shape index (κ1) is 12.3. The van der Waals surface area contributed by atoms with Gasteiger partial charge in [0.15, 0.2) is 11.7 Å². The maximum absolute atomic E-state index is 10.3. The lowest BCUT2D eigenvalue weighted by molar-refractivity contribution is -0.172. The SMILES string of the molecule is CCC1=N[C@@H]2C(O)[C@@H]([C@H]3COC(C)(C)O3)O[C@@H]2O1. The van der Waals surface area contributed by atoms with Crippen LogP contribution in [0.5, 0.6) is 0 Å². The molecule has 0 amide bonds. The van der Waals surface area contributed by atoms with Crippen molar-refractivity contribution in [2.75, 3.05) is 6.61 Å². The summed E-state index contributed by atoms with van der Waals surface area (Å²) in [6.45, 7) is 6.07. The van der Waals surface area contributed by atoms with Crippen LogP contribution < -0.4 is 0 Å². The molecule has 0 aromatic rings. The van der Waals surface area contributed by atoms with Crippen molar-refractivity contribution < 1.29 is 24.1 Å². The van der Waals surface area contributed by atoms with E-state index < -0.39 is 24.3 Å². The average Bonchev–Trinajstić information content (AvgIpc) is 2.94. The molecule has 0 aromatic heterocycles. The van der Waals surface area contributed by atoms with Gasteiger partial charge in [-0.25, -0.2) is 4.99 Å². The largest absolute Gasteiger partial charge is 0.450 e. The number of ether oxygens (including phenoxy) is 4. The van der Waals surface area contributed by atoms with Gasteiger partial charge in [-0.3, -0.25) is 0 Å². The number of aliphatic hydroxyl groups excluding tert-OH is 1. The first-order chi connectivity index (χ1) is 8.50. The van der Waals surface area contributed by atoms with Crippen molar-refractivity contribution in [2.24, 2.45) is 4.99 Å². The van der Waals surface area contributed by atoms with E-state index in [0.29, 0.717) is 18.9 Å². The summed E-state index contributed by atoms with van der Waals surface area (Å²) < 4.78 is 22.4. The molecule has 102 valence electrons. The minimum Gasteiger partial charge on any atom is -0.450 e. The Balaban J connectivity index is 1.69. The van der Waals surface area contributed by atoms with Gasteiger partial charge < -0.3 is 24.1 Å². The monoisotopic (exact) mass is 257 g/mol. The van der Waals surface area contributed by atoms with Gasteiger partial charge in [0.05, 0.1) is 6.61 Å². The van der Waals surface area contributed by atoms with Gasteiger partial charge in [-0.2, -0.15) is 0 Å². The Hall–Kier alpha value is -0.690. The summed E-state index contributed by atoms with van der Waals surface area (Å²) in [6.07, 6.45) is -1.19. The second-order valence-electron chi connectivity index (χ2n) is 5.31. The zero-order valence-corrected chi connectivity index (χ0v) is 10.8. The molecule has 6 nitrogen and oxygen atoms in total. The molecule has 3 aliphatic rings. The average molecular weight is 257 g/mol. The molecule has 1 unspecified atom stereocenters. The van der Waals surface area contributed by atoms with E-state index in [1.807, 2.05) is 20.8 Å². The van der Waals surface area contributed by atoms with Crippen LogP contribution in [0.1, 0.15) is 27.2 Å². The molecule has 0 saturated carbocycles. The summed E-state index contributed by atoms with van der Waals surface area (Å²) in [5, 5.41) is 10.3. The highest BCUT2D eigenvalue weighted by Gasteiger charge is 2.54. The molecule has 3 heterocycles. The zero-order chi connectivity index (χ0) is 12.9. The summed E-state index contributed by atoms with van der Waals surface area (Å²) in [4.78, 5) is 4.33. The molecule has 1 N–H and O–H groups in total. The number of aliphatic hydroxyl groups is 1. The van der Waals surface area contributed by atoms with Gasteiger partial charge in [-0.1, -0.05) is 6.92 Å². The molecule has 2 fully saturated rings. The maximum Gasteiger partial charge on any atom is 0.227 e. The minimum absolute atomic E-state index is 0.274. The normalized spacial score (nSPS) is 45.8. The number of fused-ring (bicyclic) bond motifs is 1. The van der Waals surface area contributed by atoms with Gasteiger partial charge in [0.1, 0.15) is 24.4 Å². The summed E-state index contributed by atoms with van der Waals surface area (Å²) >= 11 is 0. The third-order valence-electron chi connectivity index (χ3n) is 3.50. The second-order valence-corrected chi connectivity index (χ2v) is 5.31. The molecule has 18 heavy (non-hydrogen) atoms. The van der Waals surface area contributed by atoms with Crippen molar-refractivity contribution in [1.82, 2.24) is 0 Å². The van der Waals surface area contributed by atoms with E-state index in [2.05, 4.69) is 4.99 Å². The smallest absolute Gasteiger partial charge is 0.227 e. The molecule has 2 saturated heterocycles. The summed E-state index contributed by atoms with van der Waals surface area (Å²) in [7, 11) is 0. The van der Waals surface area contributed by atoms with Gasteiger partial charge in [0.25, 0.3) is 0 Å². The van der Waals surface area contributed by atoms with Crippen molar-refractivity contribution in [1.29, 1.82) is 0 Å². The molecule has 6 heteroatoms. The molecule has 0 aromatic carbocycles. The maximum atomic E-state index is 10.3. The van der Waals surface area contributed by atoms with Crippen molar-refractivity contribution in [3.8, 4) is 0 Å². The second kappa shape index (κ2) is 4.16. The fourth-order valence-corrected chi connectivity index (χ4v) is 2.60. The van der Waals surface area contributed by atoms with Gasteiger partial charge in [0, 0.05) is 6.42 Å². The van der Waals surface area contributed by atoms with Crippen LogP contribution in [0.3, 0.4) is 0 Å². The van der Waals surface area contributed by atoms with Crippen LogP contribution in [0.4, 0.5) is 0 Å². The lowest BCUT2D eigenvalue weighted by Crippen LogP contribution is -2.40. The lowest BCUT2D eigenvalue weighted by atomic mass is 10.1. The van der Waals surface area contributed by atoms with Gasteiger partial charge in [0.2, 0.25) is 6.29 Å². The minimum atomic E-state index is -0.707. The topological polar surface area (TPSA) is 69.5 Å². The molecule has 0 bridgehead atoms. The Morgan fingerprint density at radius 3 is 2.78 bits per heavy atom. The van der Waals surface area contributed by atoms with Crippen LogP contribution in [-0.4, -0.2) is 54.0 Å². The lowest BCUT2D eigenvalue weighted by Gasteiger charge is -2.23. The quantitative estimate of drug-likeness (QED) is 0.777. The number of hydrogen-bond acceptors (Lipinski definition) is 6. The van der Waals surface area contributed by atoms with Gasteiger partial charge >= 0.3 is 0 Å². The van der Waals surface area contributed by atoms with Crippen LogP contribution in [0, 0.1) is 0 Å². The van der Waals surface area contributed by atoms with Crippen molar-refractivity contribution >= 4 is 5.90 Å². The van der Waals surface area contributed by atoms with Crippen molar-refractivity contribution in [2.45, 2.75) is 63.6 Å². The van der Waals surface area contributed by atoms with E-state index in [0.717, 1.165) is 0 Å². The molecule has 3 rings (SSSR count). The Kier molecular flexibility index (Phi) is 2.85. The van der Waals surface area contributed by atoms with Crippen molar-refractivity contribution in [3.05, 3.63) is 0 Å². The molecular formula is C12H19NO5. The highest BCUT2D eigenvalue weighted by Crippen LogP contribution is 2.36. The third kappa shape index (κ3) is 1.93. The Morgan fingerprint density at radius 1 is 1.44 bits per heavy atom. The van der Waals surface area contributed by atoms with Crippen LogP contribution in [0.2, 0.25) is 0 Å². The fraction of sp³-hybridized carbons (Fsp3) is 0.917. The van der Waals surface area contributed by atoms with Crippen LogP contribution in [0.25, 0.3) is 0 Å². The van der Waals surface area contributed by atoms with Crippen LogP contribution in [-0.2, 0) is 18.9 Å². The van der Waals surface area contributed by atoms with E-state index in [9.17, 15) is 5.11 Å². The van der Waals surface area contributed by atoms with Crippen LogP contribution >= 0.6 is 0 Å². The molecule has 0 spiro atoms. The van der Waals surface area contributed by atoms with E-state index in [1.54, 1.807) is 0 Å². The summed E-state index contributed by atoms with van der Waals surface area (Å²) in [5.41, 5.74) is 0. The van der Waals surface area contributed by atoms with Gasteiger partial charge in [-0.05, 0) is 13.8 Å². The molecule has 5 atom stereocenters. The fourth-order valence-electron chi connectivity index (χ4n) is 2.60. The zero-order valence-electron chi connectivity index (χ0n) is 10.8. The molecule has 0 aliphatic carbocycles. The molecular weight excluding hydrogens is 238 g/mol. The Morgan fingerprint density at radius 2 is 2.22 bits per heavy atom. The van der Waals surface area contributed by atoms with Gasteiger partial charge in [-0.15, -0.1) is 0 Å². The Bertz CT molecular complexity index is 369. The predicted molar refractivity (Wildman–Crippen MR) is 62.2 cm³/mol.